The molecule has 0 fully saturated rings. The van der Waals surface area contributed by atoms with E-state index < -0.39 is 0 Å². The molecule has 80 valence electrons. The Kier molecular flexibility index (Phi) is 2.24. The van der Waals surface area contributed by atoms with E-state index in [-0.39, 0.29) is 0 Å². The molecule has 1 heteroatoms. The molecule has 0 spiro atoms. The van der Waals surface area contributed by atoms with E-state index in [0.717, 1.165) is 19.3 Å². The Bertz CT molecular complexity index is 491. The molecule has 2 aliphatic carbocycles. The molecule has 0 radical (unpaired) electrons. The van der Waals surface area contributed by atoms with E-state index in [2.05, 4.69) is 30.3 Å². The Balaban J connectivity index is 1.89. The van der Waals surface area contributed by atoms with Crippen molar-refractivity contribution in [2.75, 3.05) is 0 Å². The summed E-state index contributed by atoms with van der Waals surface area (Å²) in [6, 6.07) is 10.5. The molecule has 0 atom stereocenters. The zero-order valence-corrected chi connectivity index (χ0v) is 9.20. The highest BCUT2D eigenvalue weighted by Crippen LogP contribution is 2.38. The van der Waals surface area contributed by atoms with Gasteiger partial charge in [-0.2, -0.15) is 0 Å². The number of ketones is 1. The maximum Gasteiger partial charge on any atom is 0.137 e. The minimum absolute atomic E-state index is 0.393. The van der Waals surface area contributed by atoms with Crippen molar-refractivity contribution in [2.24, 2.45) is 0 Å². The van der Waals surface area contributed by atoms with Gasteiger partial charge in [-0.3, -0.25) is 4.79 Å². The maximum atomic E-state index is 11.4. The standard InChI is InChI=1S/C15H14O/c16-15-7-6-12-8-13(9-14(12)10-15)11-4-2-1-3-5-11/h1-5,9H,6-8,10H2. The van der Waals surface area contributed by atoms with Gasteiger partial charge < -0.3 is 0 Å². The maximum absolute atomic E-state index is 11.4. The smallest absolute Gasteiger partial charge is 0.137 e. The summed E-state index contributed by atoms with van der Waals surface area (Å²) in [5.41, 5.74) is 5.44. The summed E-state index contributed by atoms with van der Waals surface area (Å²) < 4.78 is 0. The van der Waals surface area contributed by atoms with Gasteiger partial charge in [0.15, 0.2) is 0 Å². The van der Waals surface area contributed by atoms with E-state index in [4.69, 9.17) is 0 Å². The van der Waals surface area contributed by atoms with Crippen LogP contribution in [0.2, 0.25) is 0 Å². The predicted octanol–water partition coefficient (Wildman–Crippen LogP) is 3.52. The lowest BCUT2D eigenvalue weighted by Crippen LogP contribution is -2.05. The molecule has 16 heavy (non-hydrogen) atoms. The molecule has 0 aromatic heterocycles. The number of benzene rings is 1. The highest BCUT2D eigenvalue weighted by Gasteiger charge is 2.23. The second-order valence-electron chi connectivity index (χ2n) is 4.56. The van der Waals surface area contributed by atoms with Crippen LogP contribution >= 0.6 is 0 Å². The fourth-order valence-electron chi connectivity index (χ4n) is 2.56. The van der Waals surface area contributed by atoms with E-state index in [1.807, 2.05) is 6.07 Å². The number of allylic oxidation sites excluding steroid dienone is 4. The van der Waals surface area contributed by atoms with Gasteiger partial charge in [0.25, 0.3) is 0 Å². The zero-order valence-electron chi connectivity index (χ0n) is 9.20. The van der Waals surface area contributed by atoms with Crippen LogP contribution < -0.4 is 0 Å². The van der Waals surface area contributed by atoms with Crippen molar-refractivity contribution in [3.8, 4) is 0 Å². The molecular weight excluding hydrogens is 196 g/mol. The molecule has 3 rings (SSSR count). The minimum atomic E-state index is 0.393. The van der Waals surface area contributed by atoms with Gasteiger partial charge in [-0.25, -0.2) is 0 Å². The third-order valence-electron chi connectivity index (χ3n) is 3.44. The quantitative estimate of drug-likeness (QED) is 0.693. The molecule has 1 nitrogen and oxygen atoms in total. The minimum Gasteiger partial charge on any atom is -0.299 e. The molecule has 1 aromatic carbocycles. The predicted molar refractivity (Wildman–Crippen MR) is 64.9 cm³/mol. The Labute approximate surface area is 95.5 Å². The lowest BCUT2D eigenvalue weighted by molar-refractivity contribution is -0.118. The average molecular weight is 210 g/mol. The molecule has 0 heterocycles. The zero-order chi connectivity index (χ0) is 11.0. The molecule has 0 bridgehead atoms. The van der Waals surface area contributed by atoms with Crippen molar-refractivity contribution in [2.45, 2.75) is 25.7 Å². The number of rotatable bonds is 1. The lowest BCUT2D eigenvalue weighted by Gasteiger charge is -2.12. The molecule has 2 aliphatic rings. The van der Waals surface area contributed by atoms with Gasteiger partial charge in [0.05, 0.1) is 0 Å². The van der Waals surface area contributed by atoms with Gasteiger partial charge in [0.2, 0.25) is 0 Å². The van der Waals surface area contributed by atoms with Crippen LogP contribution in [0.1, 0.15) is 31.2 Å². The van der Waals surface area contributed by atoms with Gasteiger partial charge >= 0.3 is 0 Å². The van der Waals surface area contributed by atoms with Crippen molar-refractivity contribution in [3.05, 3.63) is 53.1 Å². The first-order chi connectivity index (χ1) is 7.83. The molecule has 0 unspecified atom stereocenters. The summed E-state index contributed by atoms with van der Waals surface area (Å²) in [6.45, 7) is 0. The van der Waals surface area contributed by atoms with E-state index in [0.29, 0.717) is 12.2 Å². The third kappa shape index (κ3) is 1.63. The summed E-state index contributed by atoms with van der Waals surface area (Å²) in [7, 11) is 0. The van der Waals surface area contributed by atoms with Crippen molar-refractivity contribution >= 4 is 11.4 Å². The fraction of sp³-hybridized carbons (Fsp3) is 0.267. The van der Waals surface area contributed by atoms with E-state index in [1.165, 1.54) is 22.3 Å². The van der Waals surface area contributed by atoms with E-state index in [9.17, 15) is 4.79 Å². The topological polar surface area (TPSA) is 17.1 Å². The van der Waals surface area contributed by atoms with Crippen LogP contribution in [-0.2, 0) is 4.79 Å². The molecular formula is C15H14O. The van der Waals surface area contributed by atoms with Crippen LogP contribution in [0.15, 0.2) is 47.6 Å². The highest BCUT2D eigenvalue weighted by atomic mass is 16.1. The summed E-state index contributed by atoms with van der Waals surface area (Å²) in [5.74, 6) is 0.393. The van der Waals surface area contributed by atoms with E-state index in [1.54, 1.807) is 0 Å². The van der Waals surface area contributed by atoms with Crippen LogP contribution in [0.5, 0.6) is 0 Å². The molecule has 0 saturated heterocycles. The lowest BCUT2D eigenvalue weighted by atomic mass is 9.92. The second-order valence-corrected chi connectivity index (χ2v) is 4.56. The highest BCUT2D eigenvalue weighted by molar-refractivity contribution is 5.87. The van der Waals surface area contributed by atoms with Crippen LogP contribution in [0, 0.1) is 0 Å². The molecule has 0 N–H and O–H groups in total. The Morgan fingerprint density at radius 2 is 1.75 bits per heavy atom. The van der Waals surface area contributed by atoms with Crippen LogP contribution in [0.25, 0.3) is 5.57 Å². The van der Waals surface area contributed by atoms with Crippen LogP contribution in [0.3, 0.4) is 0 Å². The molecule has 0 amide bonds. The van der Waals surface area contributed by atoms with Gasteiger partial charge in [-0.05, 0) is 29.6 Å². The number of carbonyl (C=O) groups is 1. The Morgan fingerprint density at radius 1 is 0.938 bits per heavy atom. The third-order valence-corrected chi connectivity index (χ3v) is 3.44. The van der Waals surface area contributed by atoms with Crippen molar-refractivity contribution in [1.29, 1.82) is 0 Å². The SMILES string of the molecule is O=C1CCC2=C(C=C(c3ccccc3)C2)C1. The van der Waals surface area contributed by atoms with Crippen molar-refractivity contribution < 1.29 is 4.79 Å². The normalized spacial score (nSPS) is 19.8. The number of carbonyl (C=O) groups excluding carboxylic acids is 1. The van der Waals surface area contributed by atoms with E-state index >= 15 is 0 Å². The van der Waals surface area contributed by atoms with Crippen molar-refractivity contribution in [1.82, 2.24) is 0 Å². The Morgan fingerprint density at radius 3 is 2.56 bits per heavy atom. The van der Waals surface area contributed by atoms with Crippen molar-refractivity contribution in [3.63, 3.8) is 0 Å². The first kappa shape index (κ1) is 9.59. The molecule has 0 saturated carbocycles. The Hall–Kier alpha value is -1.63. The first-order valence-corrected chi connectivity index (χ1v) is 5.81. The second kappa shape index (κ2) is 3.75. The summed E-state index contributed by atoms with van der Waals surface area (Å²) >= 11 is 0. The number of hydrogen-bond acceptors (Lipinski definition) is 1. The van der Waals surface area contributed by atoms with Gasteiger partial charge in [0, 0.05) is 12.8 Å². The van der Waals surface area contributed by atoms with Gasteiger partial charge in [-0.1, -0.05) is 42.0 Å². The monoisotopic (exact) mass is 210 g/mol. The van der Waals surface area contributed by atoms with Gasteiger partial charge in [-0.15, -0.1) is 0 Å². The van der Waals surface area contributed by atoms with Gasteiger partial charge in [0.1, 0.15) is 5.78 Å². The number of hydrogen-bond donors (Lipinski definition) is 0. The largest absolute Gasteiger partial charge is 0.299 e. The summed E-state index contributed by atoms with van der Waals surface area (Å²) in [6.07, 6.45) is 5.65. The summed E-state index contributed by atoms with van der Waals surface area (Å²) in [4.78, 5) is 11.4. The average Bonchev–Trinajstić information content (AvgIpc) is 2.73. The summed E-state index contributed by atoms with van der Waals surface area (Å²) in [5, 5.41) is 0. The van der Waals surface area contributed by atoms with Crippen LogP contribution in [0.4, 0.5) is 0 Å². The fourth-order valence-corrected chi connectivity index (χ4v) is 2.56. The molecule has 0 aliphatic heterocycles. The number of Topliss-reactive ketones (excluding diaryl/α,β-unsaturated/α-hetero) is 1. The van der Waals surface area contributed by atoms with Crippen LogP contribution in [-0.4, -0.2) is 5.78 Å². The first-order valence-electron chi connectivity index (χ1n) is 5.81. The molecule has 1 aromatic rings.